The van der Waals surface area contributed by atoms with Crippen molar-refractivity contribution in [2.45, 2.75) is 45.2 Å². The fourth-order valence-corrected chi connectivity index (χ4v) is 4.34. The van der Waals surface area contributed by atoms with Crippen LogP contribution < -0.4 is 5.32 Å². The molecule has 1 saturated heterocycles. The summed E-state index contributed by atoms with van der Waals surface area (Å²) < 4.78 is 0. The third-order valence-corrected chi connectivity index (χ3v) is 5.46. The van der Waals surface area contributed by atoms with Crippen LogP contribution in [0.15, 0.2) is 16.8 Å². The van der Waals surface area contributed by atoms with E-state index >= 15 is 0 Å². The summed E-state index contributed by atoms with van der Waals surface area (Å²) in [5, 5.41) is 7.57. The van der Waals surface area contributed by atoms with Gasteiger partial charge in [-0.05, 0) is 47.1 Å². The minimum absolute atomic E-state index is 0.106. The van der Waals surface area contributed by atoms with Crippen molar-refractivity contribution >= 4 is 17.2 Å². The molecule has 2 fully saturated rings. The van der Waals surface area contributed by atoms with Crippen LogP contribution >= 0.6 is 11.3 Å². The summed E-state index contributed by atoms with van der Waals surface area (Å²) in [6, 6.07) is 2.12. The van der Waals surface area contributed by atoms with Gasteiger partial charge >= 0.3 is 0 Å². The second kappa shape index (κ2) is 6.27. The number of carbonyl (C=O) groups excluding carboxylic acids is 1. The van der Waals surface area contributed by atoms with Gasteiger partial charge in [0.25, 0.3) is 0 Å². The lowest BCUT2D eigenvalue weighted by molar-refractivity contribution is -0.128. The second-order valence-electron chi connectivity index (χ2n) is 6.35. The SMILES string of the molecule is CC1CCCC(CCN2C(=O)CNC2c2ccsc2)C1. The average molecular weight is 292 g/mol. The van der Waals surface area contributed by atoms with Crippen LogP contribution in [-0.2, 0) is 4.79 Å². The zero-order valence-electron chi connectivity index (χ0n) is 12.2. The molecule has 3 atom stereocenters. The summed E-state index contributed by atoms with van der Waals surface area (Å²) in [6.07, 6.45) is 6.72. The van der Waals surface area contributed by atoms with Gasteiger partial charge < -0.3 is 4.90 Å². The summed E-state index contributed by atoms with van der Waals surface area (Å²) in [7, 11) is 0. The molecule has 110 valence electrons. The van der Waals surface area contributed by atoms with E-state index < -0.39 is 0 Å². The predicted octanol–water partition coefficient (Wildman–Crippen LogP) is 3.39. The highest BCUT2D eigenvalue weighted by atomic mass is 32.1. The van der Waals surface area contributed by atoms with Crippen LogP contribution in [0.25, 0.3) is 0 Å². The zero-order chi connectivity index (χ0) is 13.9. The van der Waals surface area contributed by atoms with E-state index in [9.17, 15) is 4.79 Å². The van der Waals surface area contributed by atoms with Crippen molar-refractivity contribution in [3.63, 3.8) is 0 Å². The van der Waals surface area contributed by atoms with Gasteiger partial charge in [-0.25, -0.2) is 0 Å². The number of carbonyl (C=O) groups is 1. The quantitative estimate of drug-likeness (QED) is 0.922. The maximum atomic E-state index is 12.1. The van der Waals surface area contributed by atoms with Crippen molar-refractivity contribution in [2.24, 2.45) is 11.8 Å². The first kappa shape index (κ1) is 14.1. The summed E-state index contributed by atoms with van der Waals surface area (Å²) in [5.74, 6) is 1.94. The number of thiophene rings is 1. The third kappa shape index (κ3) is 3.07. The van der Waals surface area contributed by atoms with Crippen molar-refractivity contribution in [3.8, 4) is 0 Å². The highest BCUT2D eigenvalue weighted by Crippen LogP contribution is 2.32. The van der Waals surface area contributed by atoms with E-state index in [4.69, 9.17) is 0 Å². The molecule has 1 saturated carbocycles. The van der Waals surface area contributed by atoms with E-state index in [1.54, 1.807) is 11.3 Å². The fraction of sp³-hybridized carbons (Fsp3) is 0.688. The maximum absolute atomic E-state index is 12.1. The van der Waals surface area contributed by atoms with Gasteiger partial charge in [0.15, 0.2) is 0 Å². The molecule has 1 aliphatic heterocycles. The van der Waals surface area contributed by atoms with Gasteiger partial charge in [0.2, 0.25) is 5.91 Å². The summed E-state index contributed by atoms with van der Waals surface area (Å²) >= 11 is 1.70. The molecule has 0 bridgehead atoms. The first-order valence-electron chi connectivity index (χ1n) is 7.79. The Morgan fingerprint density at radius 2 is 2.35 bits per heavy atom. The number of nitrogens with zero attached hydrogens (tertiary/aromatic N) is 1. The largest absolute Gasteiger partial charge is 0.322 e. The molecule has 3 rings (SSSR count). The summed E-state index contributed by atoms with van der Waals surface area (Å²) in [5.41, 5.74) is 1.23. The fourth-order valence-electron chi connectivity index (χ4n) is 3.67. The average Bonchev–Trinajstić information content (AvgIpc) is 3.06. The lowest BCUT2D eigenvalue weighted by atomic mass is 9.81. The molecule has 20 heavy (non-hydrogen) atoms. The normalized spacial score (nSPS) is 30.9. The lowest BCUT2D eigenvalue weighted by Crippen LogP contribution is -2.32. The smallest absolute Gasteiger partial charge is 0.238 e. The third-order valence-electron chi connectivity index (χ3n) is 4.76. The van der Waals surface area contributed by atoms with Gasteiger partial charge in [-0.15, -0.1) is 0 Å². The summed E-state index contributed by atoms with van der Waals surface area (Å²) in [6.45, 7) is 3.76. The highest BCUT2D eigenvalue weighted by Gasteiger charge is 2.32. The number of hydrogen-bond donors (Lipinski definition) is 1. The van der Waals surface area contributed by atoms with Crippen LogP contribution in [0.5, 0.6) is 0 Å². The van der Waals surface area contributed by atoms with Crippen molar-refractivity contribution in [2.75, 3.05) is 13.1 Å². The molecule has 1 aromatic heterocycles. The first-order valence-corrected chi connectivity index (χ1v) is 8.73. The highest BCUT2D eigenvalue weighted by molar-refractivity contribution is 7.07. The molecule has 0 aromatic carbocycles. The van der Waals surface area contributed by atoms with Gasteiger partial charge in [-0.1, -0.05) is 26.2 Å². The van der Waals surface area contributed by atoms with E-state index in [2.05, 4.69) is 29.1 Å². The Hall–Kier alpha value is -0.870. The maximum Gasteiger partial charge on any atom is 0.238 e. The van der Waals surface area contributed by atoms with Crippen LogP contribution in [0.2, 0.25) is 0 Å². The zero-order valence-corrected chi connectivity index (χ0v) is 13.0. The molecule has 0 spiro atoms. The van der Waals surface area contributed by atoms with Gasteiger partial charge in [0.05, 0.1) is 6.54 Å². The standard InChI is InChI=1S/C16H24N2OS/c1-12-3-2-4-13(9-12)5-7-18-15(19)10-17-16(18)14-6-8-20-11-14/h6,8,11-13,16-17H,2-5,7,9-10H2,1H3. The van der Waals surface area contributed by atoms with E-state index in [1.807, 2.05) is 4.90 Å². The molecule has 3 nitrogen and oxygen atoms in total. The number of hydrogen-bond acceptors (Lipinski definition) is 3. The molecule has 2 heterocycles. The van der Waals surface area contributed by atoms with Gasteiger partial charge in [0, 0.05) is 6.54 Å². The molecule has 3 unspecified atom stereocenters. The van der Waals surface area contributed by atoms with Gasteiger partial charge in [-0.3, -0.25) is 10.1 Å². The molecule has 1 N–H and O–H groups in total. The molecular formula is C16H24N2OS. The Bertz CT molecular complexity index is 445. The molecule has 1 aliphatic carbocycles. The Morgan fingerprint density at radius 1 is 1.45 bits per heavy atom. The molecule has 1 amide bonds. The summed E-state index contributed by atoms with van der Waals surface area (Å²) in [4.78, 5) is 14.1. The van der Waals surface area contributed by atoms with Crippen LogP contribution in [0, 0.1) is 11.8 Å². The first-order chi connectivity index (χ1) is 9.74. The Balaban J connectivity index is 1.58. The van der Waals surface area contributed by atoms with E-state index in [0.717, 1.165) is 18.4 Å². The van der Waals surface area contributed by atoms with Gasteiger partial charge in [0.1, 0.15) is 6.17 Å². The van der Waals surface area contributed by atoms with Crippen molar-refractivity contribution in [3.05, 3.63) is 22.4 Å². The lowest BCUT2D eigenvalue weighted by Gasteiger charge is -2.30. The van der Waals surface area contributed by atoms with E-state index in [0.29, 0.717) is 6.54 Å². The topological polar surface area (TPSA) is 32.3 Å². The van der Waals surface area contributed by atoms with Crippen LogP contribution in [-0.4, -0.2) is 23.9 Å². The molecule has 0 radical (unpaired) electrons. The Morgan fingerprint density at radius 3 is 3.10 bits per heavy atom. The van der Waals surface area contributed by atoms with Crippen molar-refractivity contribution < 1.29 is 4.79 Å². The monoisotopic (exact) mass is 292 g/mol. The second-order valence-corrected chi connectivity index (χ2v) is 7.13. The predicted molar refractivity (Wildman–Crippen MR) is 82.5 cm³/mol. The number of amides is 1. The van der Waals surface area contributed by atoms with Crippen molar-refractivity contribution in [1.82, 2.24) is 10.2 Å². The molecule has 2 aliphatic rings. The number of rotatable bonds is 4. The molecule has 4 heteroatoms. The molecule has 1 aromatic rings. The van der Waals surface area contributed by atoms with Crippen molar-refractivity contribution in [1.29, 1.82) is 0 Å². The molecular weight excluding hydrogens is 268 g/mol. The minimum Gasteiger partial charge on any atom is -0.322 e. The van der Waals surface area contributed by atoms with Crippen LogP contribution in [0.3, 0.4) is 0 Å². The van der Waals surface area contributed by atoms with E-state index in [-0.39, 0.29) is 12.1 Å². The van der Waals surface area contributed by atoms with E-state index in [1.165, 1.54) is 37.7 Å². The van der Waals surface area contributed by atoms with Crippen LogP contribution in [0.1, 0.15) is 50.8 Å². The Kier molecular flexibility index (Phi) is 4.41. The van der Waals surface area contributed by atoms with Gasteiger partial charge in [-0.2, -0.15) is 11.3 Å². The Labute approximate surface area is 125 Å². The van der Waals surface area contributed by atoms with Crippen LogP contribution in [0.4, 0.5) is 0 Å². The number of nitrogens with one attached hydrogen (secondary N) is 1. The minimum atomic E-state index is 0.106.